The van der Waals surface area contributed by atoms with Gasteiger partial charge in [-0.2, -0.15) is 0 Å². The first-order chi connectivity index (χ1) is 6.60. The van der Waals surface area contributed by atoms with Gasteiger partial charge in [0, 0.05) is 6.54 Å². The molecule has 0 unspecified atom stereocenters. The molecule has 0 aromatic heterocycles. The predicted molar refractivity (Wildman–Crippen MR) is 52.4 cm³/mol. The normalized spacial score (nSPS) is 11.6. The monoisotopic (exact) mass is 217 g/mol. The van der Waals surface area contributed by atoms with Crippen LogP contribution in [0.3, 0.4) is 0 Å². The van der Waals surface area contributed by atoms with E-state index in [2.05, 4.69) is 0 Å². The molecular weight excluding hydrogens is 205 g/mol. The van der Waals surface area contributed by atoms with Gasteiger partial charge in [0.15, 0.2) is 9.84 Å². The minimum absolute atomic E-state index is 0.146. The quantitative estimate of drug-likeness (QED) is 0.814. The number of benzene rings is 1. The molecule has 0 radical (unpaired) electrons. The van der Waals surface area contributed by atoms with Crippen molar-refractivity contribution in [2.75, 3.05) is 12.4 Å². The van der Waals surface area contributed by atoms with Gasteiger partial charge in [-0.15, -0.1) is 0 Å². The van der Waals surface area contributed by atoms with Crippen molar-refractivity contribution in [1.82, 2.24) is 0 Å². The van der Waals surface area contributed by atoms with Gasteiger partial charge >= 0.3 is 0 Å². The first-order valence-electron chi connectivity index (χ1n) is 4.18. The first kappa shape index (κ1) is 11.1. The maximum atomic E-state index is 11.9. The molecule has 0 spiro atoms. The summed E-state index contributed by atoms with van der Waals surface area (Å²) < 4.78 is 34.6. The highest BCUT2D eigenvalue weighted by atomic mass is 32.2. The number of sulfone groups is 1. The van der Waals surface area contributed by atoms with Gasteiger partial charge in [0.1, 0.15) is 6.67 Å². The summed E-state index contributed by atoms with van der Waals surface area (Å²) in [4.78, 5) is 0.146. The summed E-state index contributed by atoms with van der Waals surface area (Å²) in [6.07, 6.45) is 0. The number of halogens is 1. The zero-order chi connectivity index (χ0) is 10.6. The second kappa shape index (κ2) is 4.52. The molecule has 0 saturated heterocycles. The van der Waals surface area contributed by atoms with Crippen LogP contribution in [0.5, 0.6) is 0 Å². The third-order valence-corrected chi connectivity index (χ3v) is 3.55. The average Bonchev–Trinajstić information content (AvgIpc) is 2.18. The fraction of sp³-hybridized carbons (Fsp3) is 0.333. The van der Waals surface area contributed by atoms with Gasteiger partial charge in [-0.25, -0.2) is 12.8 Å². The Hall–Kier alpha value is -0.940. The van der Waals surface area contributed by atoms with Gasteiger partial charge in [0.25, 0.3) is 0 Å². The van der Waals surface area contributed by atoms with E-state index in [9.17, 15) is 12.8 Å². The molecule has 1 rings (SSSR count). The minimum Gasteiger partial charge on any atom is -0.326 e. The summed E-state index contributed by atoms with van der Waals surface area (Å²) in [5.41, 5.74) is 6.21. The van der Waals surface area contributed by atoms with Crippen molar-refractivity contribution in [2.45, 2.75) is 11.4 Å². The molecule has 0 amide bonds. The Morgan fingerprint density at radius 3 is 2.21 bits per heavy atom. The van der Waals surface area contributed by atoms with E-state index in [0.29, 0.717) is 6.54 Å². The Balaban J connectivity index is 2.97. The zero-order valence-electron chi connectivity index (χ0n) is 7.61. The van der Waals surface area contributed by atoms with E-state index < -0.39 is 22.3 Å². The lowest BCUT2D eigenvalue weighted by atomic mass is 10.2. The van der Waals surface area contributed by atoms with Crippen LogP contribution in [0.1, 0.15) is 5.56 Å². The number of rotatable bonds is 4. The lowest BCUT2D eigenvalue weighted by molar-refractivity contribution is 0.517. The van der Waals surface area contributed by atoms with Gasteiger partial charge in [-0.3, -0.25) is 0 Å². The van der Waals surface area contributed by atoms with Crippen molar-refractivity contribution < 1.29 is 12.8 Å². The van der Waals surface area contributed by atoms with Crippen molar-refractivity contribution in [3.63, 3.8) is 0 Å². The van der Waals surface area contributed by atoms with Crippen molar-refractivity contribution in [3.05, 3.63) is 29.8 Å². The van der Waals surface area contributed by atoms with Gasteiger partial charge in [0.05, 0.1) is 10.6 Å². The zero-order valence-corrected chi connectivity index (χ0v) is 8.43. The smallest absolute Gasteiger partial charge is 0.180 e. The Bertz CT molecular complexity index is 386. The van der Waals surface area contributed by atoms with E-state index in [1.807, 2.05) is 0 Å². The standard InChI is InChI=1S/C9H12FNO2S/c10-5-6-14(12,13)9-3-1-8(7-11)2-4-9/h1-4H,5-7,11H2. The van der Waals surface area contributed by atoms with Gasteiger partial charge < -0.3 is 5.73 Å². The van der Waals surface area contributed by atoms with Crippen molar-refractivity contribution in [2.24, 2.45) is 5.73 Å². The second-order valence-electron chi connectivity index (χ2n) is 2.86. The maximum Gasteiger partial charge on any atom is 0.180 e. The molecule has 2 N–H and O–H groups in total. The Labute approximate surface area is 82.7 Å². The molecule has 0 aliphatic heterocycles. The molecule has 0 bridgehead atoms. The third-order valence-electron chi connectivity index (χ3n) is 1.86. The third kappa shape index (κ3) is 2.52. The molecule has 0 atom stereocenters. The topological polar surface area (TPSA) is 60.2 Å². The highest BCUT2D eigenvalue weighted by Crippen LogP contribution is 2.12. The van der Waals surface area contributed by atoms with Crippen LogP contribution < -0.4 is 5.73 Å². The fourth-order valence-corrected chi connectivity index (χ4v) is 2.04. The van der Waals surface area contributed by atoms with E-state index in [4.69, 9.17) is 5.73 Å². The molecule has 0 aliphatic rings. The summed E-state index contributed by atoms with van der Waals surface area (Å²) >= 11 is 0. The molecule has 78 valence electrons. The summed E-state index contributed by atoms with van der Waals surface area (Å²) in [7, 11) is -3.45. The summed E-state index contributed by atoms with van der Waals surface area (Å²) in [6.45, 7) is -0.496. The molecular formula is C9H12FNO2S. The van der Waals surface area contributed by atoms with Gasteiger partial charge in [0.2, 0.25) is 0 Å². The molecule has 5 heteroatoms. The lowest BCUT2D eigenvalue weighted by Crippen LogP contribution is -2.08. The van der Waals surface area contributed by atoms with E-state index >= 15 is 0 Å². The summed E-state index contributed by atoms with van der Waals surface area (Å²) in [5.74, 6) is -0.463. The SMILES string of the molecule is NCc1ccc(S(=O)(=O)CCF)cc1. The fourth-order valence-electron chi connectivity index (χ4n) is 1.05. The number of nitrogens with two attached hydrogens (primary N) is 1. The molecule has 0 heterocycles. The largest absolute Gasteiger partial charge is 0.326 e. The highest BCUT2D eigenvalue weighted by Gasteiger charge is 2.13. The first-order valence-corrected chi connectivity index (χ1v) is 5.83. The average molecular weight is 217 g/mol. The van der Waals surface area contributed by atoms with Crippen molar-refractivity contribution in [3.8, 4) is 0 Å². The van der Waals surface area contributed by atoms with E-state index in [-0.39, 0.29) is 4.90 Å². The van der Waals surface area contributed by atoms with Gasteiger partial charge in [-0.05, 0) is 17.7 Å². The van der Waals surface area contributed by atoms with Crippen LogP contribution in [0.4, 0.5) is 4.39 Å². The number of hydrogen-bond donors (Lipinski definition) is 1. The van der Waals surface area contributed by atoms with Crippen LogP contribution in [0.25, 0.3) is 0 Å². The van der Waals surface area contributed by atoms with Crippen LogP contribution in [0.15, 0.2) is 29.2 Å². The second-order valence-corrected chi connectivity index (χ2v) is 4.97. The number of hydrogen-bond acceptors (Lipinski definition) is 3. The number of alkyl halides is 1. The Morgan fingerprint density at radius 1 is 1.21 bits per heavy atom. The Morgan fingerprint density at radius 2 is 1.79 bits per heavy atom. The Kier molecular flexibility index (Phi) is 3.60. The highest BCUT2D eigenvalue weighted by molar-refractivity contribution is 7.91. The van der Waals surface area contributed by atoms with Crippen LogP contribution in [-0.2, 0) is 16.4 Å². The predicted octanol–water partition coefficient (Wildman–Crippen LogP) is 0.888. The van der Waals surface area contributed by atoms with E-state index in [0.717, 1.165) is 5.56 Å². The molecule has 0 fully saturated rings. The van der Waals surface area contributed by atoms with Crippen LogP contribution in [0, 0.1) is 0 Å². The molecule has 14 heavy (non-hydrogen) atoms. The van der Waals surface area contributed by atoms with Gasteiger partial charge in [-0.1, -0.05) is 12.1 Å². The summed E-state index contributed by atoms with van der Waals surface area (Å²) in [5, 5.41) is 0. The molecule has 0 saturated carbocycles. The summed E-state index contributed by atoms with van der Waals surface area (Å²) in [6, 6.07) is 6.16. The van der Waals surface area contributed by atoms with Crippen LogP contribution >= 0.6 is 0 Å². The van der Waals surface area contributed by atoms with E-state index in [1.54, 1.807) is 12.1 Å². The minimum atomic E-state index is -3.45. The molecule has 3 nitrogen and oxygen atoms in total. The maximum absolute atomic E-state index is 11.9. The lowest BCUT2D eigenvalue weighted by Gasteiger charge is -2.02. The van der Waals surface area contributed by atoms with Crippen molar-refractivity contribution in [1.29, 1.82) is 0 Å². The van der Waals surface area contributed by atoms with Crippen LogP contribution in [-0.4, -0.2) is 20.8 Å². The van der Waals surface area contributed by atoms with Crippen molar-refractivity contribution >= 4 is 9.84 Å². The van der Waals surface area contributed by atoms with E-state index in [1.165, 1.54) is 12.1 Å². The van der Waals surface area contributed by atoms with Crippen LogP contribution in [0.2, 0.25) is 0 Å². The molecule has 1 aromatic rings. The molecule has 1 aromatic carbocycles. The molecule has 0 aliphatic carbocycles.